The van der Waals surface area contributed by atoms with Crippen LogP contribution < -0.4 is 10.1 Å². The summed E-state index contributed by atoms with van der Waals surface area (Å²) in [6.45, 7) is 1.08. The molecule has 138 valence electrons. The van der Waals surface area contributed by atoms with Crippen molar-refractivity contribution in [2.75, 3.05) is 25.5 Å². The Morgan fingerprint density at radius 3 is 2.58 bits per heavy atom. The molecule has 1 heterocycles. The van der Waals surface area contributed by atoms with Gasteiger partial charge in [-0.2, -0.15) is 13.2 Å². The first-order valence-electron chi connectivity index (χ1n) is 8.24. The summed E-state index contributed by atoms with van der Waals surface area (Å²) in [7, 11) is 1.60. The highest BCUT2D eigenvalue weighted by molar-refractivity contribution is 5.89. The van der Waals surface area contributed by atoms with Crippen molar-refractivity contribution in [1.29, 1.82) is 0 Å². The van der Waals surface area contributed by atoms with E-state index in [1.807, 2.05) is 24.3 Å². The average molecular weight is 364 g/mol. The molecule has 26 heavy (non-hydrogen) atoms. The second-order valence-electron chi connectivity index (χ2n) is 6.21. The number of carbonyl (C=O) groups excluding carboxylic acids is 1. The highest BCUT2D eigenvalue weighted by Gasteiger charge is 2.31. The summed E-state index contributed by atoms with van der Waals surface area (Å²) in [4.78, 5) is 14.0. The van der Waals surface area contributed by atoms with Crippen molar-refractivity contribution < 1.29 is 22.7 Å². The van der Waals surface area contributed by atoms with E-state index < -0.39 is 11.7 Å². The van der Waals surface area contributed by atoms with Gasteiger partial charge in [0.15, 0.2) is 0 Å². The number of nitrogens with one attached hydrogen (secondary N) is 1. The number of hydrogen-bond donors (Lipinski definition) is 1. The smallest absolute Gasteiger partial charge is 0.416 e. The maximum Gasteiger partial charge on any atom is 0.416 e. The molecule has 1 aliphatic rings. The number of nitrogens with zero attached hydrogens (tertiary/aromatic N) is 1. The van der Waals surface area contributed by atoms with Gasteiger partial charge in [-0.25, -0.2) is 4.79 Å². The van der Waals surface area contributed by atoms with Crippen LogP contribution in [0.3, 0.4) is 0 Å². The Morgan fingerprint density at radius 1 is 1.19 bits per heavy atom. The standard InChI is InChI=1S/C19H19F3N2O2/c1-26-17-7-5-13(6-8-17)14-9-10-24(12-14)18(25)23-16-4-2-3-15(11-16)19(20,21)22/h2-8,11,14H,9-10,12H2,1H3,(H,23,25)/t14-/m0/s1. The van der Waals surface area contributed by atoms with E-state index in [1.165, 1.54) is 12.1 Å². The number of rotatable bonds is 3. The van der Waals surface area contributed by atoms with Gasteiger partial charge in [-0.15, -0.1) is 0 Å². The van der Waals surface area contributed by atoms with Crippen LogP contribution in [0.5, 0.6) is 5.75 Å². The van der Waals surface area contributed by atoms with E-state index >= 15 is 0 Å². The predicted molar refractivity (Wildman–Crippen MR) is 92.4 cm³/mol. The van der Waals surface area contributed by atoms with Crippen LogP contribution in [0.2, 0.25) is 0 Å². The molecule has 0 aliphatic carbocycles. The first-order chi connectivity index (χ1) is 12.4. The molecule has 2 aromatic carbocycles. The van der Waals surface area contributed by atoms with Crippen LogP contribution in [-0.2, 0) is 6.18 Å². The minimum atomic E-state index is -4.44. The topological polar surface area (TPSA) is 41.6 Å². The van der Waals surface area contributed by atoms with Crippen molar-refractivity contribution >= 4 is 11.7 Å². The number of alkyl halides is 3. The molecule has 0 aromatic heterocycles. The number of likely N-dealkylation sites (tertiary alicyclic amines) is 1. The lowest BCUT2D eigenvalue weighted by atomic mass is 9.98. The van der Waals surface area contributed by atoms with Gasteiger partial charge in [-0.3, -0.25) is 0 Å². The van der Waals surface area contributed by atoms with Crippen LogP contribution in [0.15, 0.2) is 48.5 Å². The number of amides is 2. The minimum absolute atomic E-state index is 0.137. The third-order valence-corrected chi connectivity index (χ3v) is 4.50. The van der Waals surface area contributed by atoms with Gasteiger partial charge in [0.2, 0.25) is 0 Å². The van der Waals surface area contributed by atoms with Gasteiger partial charge >= 0.3 is 12.2 Å². The van der Waals surface area contributed by atoms with Crippen LogP contribution in [0, 0.1) is 0 Å². The molecule has 4 nitrogen and oxygen atoms in total. The average Bonchev–Trinajstić information content (AvgIpc) is 3.11. The van der Waals surface area contributed by atoms with Crippen molar-refractivity contribution in [3.05, 3.63) is 59.7 Å². The van der Waals surface area contributed by atoms with Gasteiger partial charge in [-0.1, -0.05) is 18.2 Å². The molecule has 7 heteroatoms. The monoisotopic (exact) mass is 364 g/mol. The van der Waals surface area contributed by atoms with E-state index in [4.69, 9.17) is 4.74 Å². The first kappa shape index (κ1) is 18.1. The van der Waals surface area contributed by atoms with E-state index in [0.717, 1.165) is 29.9 Å². The Morgan fingerprint density at radius 2 is 1.92 bits per heavy atom. The van der Waals surface area contributed by atoms with Gasteiger partial charge in [0.05, 0.1) is 12.7 Å². The summed E-state index contributed by atoms with van der Waals surface area (Å²) in [5, 5.41) is 2.55. The fourth-order valence-corrected chi connectivity index (χ4v) is 3.07. The summed E-state index contributed by atoms with van der Waals surface area (Å²) in [5.41, 5.74) is 0.464. The van der Waals surface area contributed by atoms with E-state index in [0.29, 0.717) is 13.1 Å². The molecule has 0 bridgehead atoms. The molecule has 3 rings (SSSR count). The maximum absolute atomic E-state index is 12.8. The van der Waals surface area contributed by atoms with Crippen molar-refractivity contribution in [2.24, 2.45) is 0 Å². The van der Waals surface area contributed by atoms with Crippen LogP contribution in [-0.4, -0.2) is 31.1 Å². The normalized spacial score (nSPS) is 17.2. The summed E-state index contributed by atoms with van der Waals surface area (Å²) in [5.74, 6) is 0.971. The van der Waals surface area contributed by atoms with Gasteiger partial charge in [0.1, 0.15) is 5.75 Å². The third-order valence-electron chi connectivity index (χ3n) is 4.50. The molecule has 1 N–H and O–H groups in total. The molecule has 0 saturated carbocycles. The number of carbonyl (C=O) groups is 1. The van der Waals surface area contributed by atoms with E-state index in [2.05, 4.69) is 5.32 Å². The van der Waals surface area contributed by atoms with Crippen LogP contribution in [0.1, 0.15) is 23.5 Å². The van der Waals surface area contributed by atoms with Gasteiger partial charge in [0, 0.05) is 24.7 Å². The molecule has 0 unspecified atom stereocenters. The molecule has 0 spiro atoms. The van der Waals surface area contributed by atoms with Gasteiger partial charge in [-0.05, 0) is 42.3 Å². The second-order valence-corrected chi connectivity index (χ2v) is 6.21. The van der Waals surface area contributed by atoms with E-state index in [1.54, 1.807) is 12.0 Å². The first-order valence-corrected chi connectivity index (χ1v) is 8.24. The number of halogens is 3. The SMILES string of the molecule is COc1ccc([C@H]2CCN(C(=O)Nc3cccc(C(F)(F)F)c3)C2)cc1. The van der Waals surface area contributed by atoms with Crippen LogP contribution in [0.4, 0.5) is 23.7 Å². The van der Waals surface area contributed by atoms with Crippen LogP contribution in [0.25, 0.3) is 0 Å². The zero-order valence-corrected chi connectivity index (χ0v) is 14.2. The van der Waals surface area contributed by atoms with Crippen molar-refractivity contribution in [3.8, 4) is 5.75 Å². The van der Waals surface area contributed by atoms with Crippen molar-refractivity contribution in [2.45, 2.75) is 18.5 Å². The Kier molecular flexibility index (Phi) is 5.06. The quantitative estimate of drug-likeness (QED) is 0.855. The number of methoxy groups -OCH3 is 1. The Balaban J connectivity index is 1.62. The molecule has 2 aromatic rings. The highest BCUT2D eigenvalue weighted by atomic mass is 19.4. The molecule has 2 amide bonds. The Bertz CT molecular complexity index is 775. The molecule has 1 fully saturated rings. The lowest BCUT2D eigenvalue weighted by Crippen LogP contribution is -2.32. The Hall–Kier alpha value is -2.70. The fourth-order valence-electron chi connectivity index (χ4n) is 3.07. The molecule has 1 aliphatic heterocycles. The maximum atomic E-state index is 12.8. The molecular weight excluding hydrogens is 345 g/mol. The lowest BCUT2D eigenvalue weighted by molar-refractivity contribution is -0.137. The van der Waals surface area contributed by atoms with Crippen molar-refractivity contribution in [3.63, 3.8) is 0 Å². The minimum Gasteiger partial charge on any atom is -0.497 e. The zero-order chi connectivity index (χ0) is 18.7. The highest BCUT2D eigenvalue weighted by Crippen LogP contribution is 2.31. The Labute approximate surface area is 149 Å². The number of hydrogen-bond acceptors (Lipinski definition) is 2. The number of urea groups is 1. The number of benzene rings is 2. The number of anilines is 1. The second kappa shape index (κ2) is 7.27. The molecule has 1 atom stereocenters. The third kappa shape index (κ3) is 4.09. The van der Waals surface area contributed by atoms with E-state index in [-0.39, 0.29) is 17.6 Å². The predicted octanol–water partition coefficient (Wildman–Crippen LogP) is 4.74. The molecule has 0 radical (unpaired) electrons. The summed E-state index contributed by atoms with van der Waals surface area (Å²) in [6, 6.07) is 11.9. The summed E-state index contributed by atoms with van der Waals surface area (Å²) < 4.78 is 43.4. The van der Waals surface area contributed by atoms with E-state index in [9.17, 15) is 18.0 Å². The number of ether oxygens (including phenoxy) is 1. The fraction of sp³-hybridized carbons (Fsp3) is 0.316. The zero-order valence-electron chi connectivity index (χ0n) is 14.2. The van der Waals surface area contributed by atoms with Gasteiger partial charge in [0.25, 0.3) is 0 Å². The van der Waals surface area contributed by atoms with Crippen LogP contribution >= 0.6 is 0 Å². The largest absolute Gasteiger partial charge is 0.497 e. The summed E-state index contributed by atoms with van der Waals surface area (Å²) >= 11 is 0. The van der Waals surface area contributed by atoms with Crippen molar-refractivity contribution in [1.82, 2.24) is 4.90 Å². The summed E-state index contributed by atoms with van der Waals surface area (Å²) in [6.07, 6.45) is -3.63. The lowest BCUT2D eigenvalue weighted by Gasteiger charge is -2.18. The molecule has 1 saturated heterocycles. The van der Waals surface area contributed by atoms with Gasteiger partial charge < -0.3 is 15.0 Å². The molecular formula is C19H19F3N2O2.